The lowest BCUT2D eigenvalue weighted by molar-refractivity contribution is -0.459. The summed E-state index contributed by atoms with van der Waals surface area (Å²) in [5.74, 6) is 0.289. The van der Waals surface area contributed by atoms with Crippen molar-refractivity contribution in [3.05, 3.63) is 7.43 Å². The summed E-state index contributed by atoms with van der Waals surface area (Å²) in [4.78, 5) is 27.8. The van der Waals surface area contributed by atoms with E-state index < -0.39 is 0 Å². The predicted octanol–water partition coefficient (Wildman–Crippen LogP) is -2.92. The summed E-state index contributed by atoms with van der Waals surface area (Å²) < 4.78 is 0. The molecule has 0 heterocycles. The number of rotatable bonds is 10. The van der Waals surface area contributed by atoms with Gasteiger partial charge in [0.05, 0.1) is 18.6 Å². The lowest BCUT2D eigenvalue weighted by atomic mass is 10.1. The molecular weight excluding hydrogens is 336 g/mol. The molecular formula is C16H40N8O2. The number of nitrogens with one attached hydrogen (secondary N) is 1. The van der Waals surface area contributed by atoms with E-state index in [0.29, 0.717) is 25.9 Å². The van der Waals surface area contributed by atoms with Crippen LogP contribution < -0.4 is 39.4 Å². The van der Waals surface area contributed by atoms with Crippen molar-refractivity contribution >= 4 is 23.5 Å². The van der Waals surface area contributed by atoms with E-state index in [-0.39, 0.29) is 50.4 Å². The molecule has 0 saturated heterocycles. The van der Waals surface area contributed by atoms with E-state index in [0.717, 1.165) is 12.8 Å². The summed E-state index contributed by atoms with van der Waals surface area (Å²) in [5, 5.41) is 0. The van der Waals surface area contributed by atoms with Crippen molar-refractivity contribution < 1.29 is 14.6 Å². The number of nitrogens with zero attached hydrogens (tertiary/aromatic N) is 1. The molecule has 10 nitrogen and oxygen atoms in total. The van der Waals surface area contributed by atoms with Crippen molar-refractivity contribution in [1.82, 2.24) is 0 Å². The molecule has 0 amide bonds. The molecule has 0 aliphatic rings. The Morgan fingerprint density at radius 2 is 1.35 bits per heavy atom. The summed E-state index contributed by atoms with van der Waals surface area (Å²) in [6.07, 6.45) is 2.82. The standard InChI is InChI=1S/2C7H16N4O.CH4.CH3/c2*1-5(12)6(8)3-2-4-11-7(9)10;;/h2*6H,2-4,8H2,1H3,(H4,9,10,11);1H4;1H3/q;;;-1/p+1. The Hall–Kier alpha value is -2.20. The lowest BCUT2D eigenvalue weighted by Gasteiger charge is -2.04. The van der Waals surface area contributed by atoms with Crippen LogP contribution >= 0.6 is 0 Å². The average Bonchev–Trinajstić information content (AvgIpc) is 2.47. The topological polar surface area (TPSA) is 217 Å². The highest BCUT2D eigenvalue weighted by Gasteiger charge is 2.06. The summed E-state index contributed by atoms with van der Waals surface area (Å²) in [6, 6.07) is -0.731. The quantitative estimate of drug-likeness (QED) is 0.0904. The molecule has 2 atom stereocenters. The zero-order valence-electron chi connectivity index (χ0n) is 15.6. The first-order chi connectivity index (χ1) is 11.1. The Morgan fingerprint density at radius 3 is 1.69 bits per heavy atom. The number of Topliss-reactive ketones (excluding diaryl/α,β-unsaturated/α-hetero) is 2. The van der Waals surface area contributed by atoms with Crippen molar-refractivity contribution in [2.24, 2.45) is 39.4 Å². The van der Waals surface area contributed by atoms with Crippen LogP contribution in [0.3, 0.4) is 0 Å². The van der Waals surface area contributed by atoms with Gasteiger partial charge < -0.3 is 30.4 Å². The minimum atomic E-state index is -0.376. The van der Waals surface area contributed by atoms with Crippen LogP contribution in [0.1, 0.15) is 47.0 Å². The first-order valence-corrected chi connectivity index (χ1v) is 7.77. The van der Waals surface area contributed by atoms with Gasteiger partial charge >= 0.3 is 5.96 Å². The number of hydrogen-bond acceptors (Lipinski definition) is 5. The first kappa shape index (κ1) is 31.6. The van der Waals surface area contributed by atoms with Gasteiger partial charge in [-0.05, 0) is 39.5 Å². The smallest absolute Gasteiger partial charge is 0.338 e. The van der Waals surface area contributed by atoms with Gasteiger partial charge in [0.2, 0.25) is 0 Å². The van der Waals surface area contributed by atoms with Crippen molar-refractivity contribution in [1.29, 1.82) is 0 Å². The van der Waals surface area contributed by atoms with Crippen LogP contribution in [0.2, 0.25) is 0 Å². The molecule has 0 spiro atoms. The van der Waals surface area contributed by atoms with E-state index in [2.05, 4.69) is 9.98 Å². The number of hydrogen-bond donors (Lipinski definition) is 7. The average molecular weight is 377 g/mol. The van der Waals surface area contributed by atoms with E-state index >= 15 is 0 Å². The zero-order valence-corrected chi connectivity index (χ0v) is 15.6. The summed E-state index contributed by atoms with van der Waals surface area (Å²) in [5.41, 5.74) is 31.5. The molecule has 0 radical (unpaired) electrons. The molecule has 0 fully saturated rings. The first-order valence-electron chi connectivity index (χ1n) is 7.77. The van der Waals surface area contributed by atoms with Gasteiger partial charge in [-0.3, -0.25) is 31.0 Å². The van der Waals surface area contributed by atoms with Crippen LogP contribution in [0, 0.1) is 7.43 Å². The van der Waals surface area contributed by atoms with Crippen molar-refractivity contribution in [3.8, 4) is 0 Å². The third-order valence-corrected chi connectivity index (χ3v) is 3.03. The Labute approximate surface area is 157 Å². The van der Waals surface area contributed by atoms with Crippen LogP contribution in [0.4, 0.5) is 0 Å². The third kappa shape index (κ3) is 24.1. The minimum absolute atomic E-state index is 0. The number of ketones is 2. The largest absolute Gasteiger partial charge is 0.370 e. The molecule has 0 saturated carbocycles. The molecule has 10 heteroatoms. The SMILES string of the molecule is C.CC(=O)C(N)CCCN=C(N)N.CC(=O)C(N)CCC[NH+]=C(N)N.[CH3-]. The second-order valence-electron chi connectivity index (χ2n) is 5.41. The maximum Gasteiger partial charge on any atom is 0.338 e. The molecule has 0 aromatic carbocycles. The van der Waals surface area contributed by atoms with Gasteiger partial charge in [-0.2, -0.15) is 0 Å². The number of carbonyl (C=O) groups excluding carboxylic acids is 2. The van der Waals surface area contributed by atoms with Crippen LogP contribution in [0.15, 0.2) is 4.99 Å². The monoisotopic (exact) mass is 376 g/mol. The predicted molar refractivity (Wildman–Crippen MR) is 109 cm³/mol. The van der Waals surface area contributed by atoms with Crippen LogP contribution in [-0.4, -0.2) is 48.7 Å². The van der Waals surface area contributed by atoms with Crippen molar-refractivity contribution in [2.75, 3.05) is 13.1 Å². The summed E-state index contributed by atoms with van der Waals surface area (Å²) >= 11 is 0. The lowest BCUT2D eigenvalue weighted by Crippen LogP contribution is -2.78. The van der Waals surface area contributed by atoms with Gasteiger partial charge in [0.1, 0.15) is 11.6 Å². The highest BCUT2D eigenvalue weighted by atomic mass is 16.1. The Balaban J connectivity index is -0.000000173. The van der Waals surface area contributed by atoms with E-state index in [4.69, 9.17) is 34.4 Å². The summed E-state index contributed by atoms with van der Waals surface area (Å²) in [7, 11) is 0. The molecule has 2 unspecified atom stereocenters. The van der Waals surface area contributed by atoms with Crippen LogP contribution in [-0.2, 0) is 9.59 Å². The second-order valence-corrected chi connectivity index (χ2v) is 5.41. The molecule has 13 N–H and O–H groups in total. The highest BCUT2D eigenvalue weighted by molar-refractivity contribution is 5.81. The van der Waals surface area contributed by atoms with Gasteiger partial charge in [-0.25, -0.2) is 0 Å². The van der Waals surface area contributed by atoms with Crippen LogP contribution in [0.25, 0.3) is 0 Å². The number of aliphatic imine (C=N–C) groups is 1. The fourth-order valence-electron chi connectivity index (χ4n) is 1.48. The van der Waals surface area contributed by atoms with Crippen molar-refractivity contribution in [2.45, 2.75) is 59.0 Å². The molecule has 0 aromatic rings. The van der Waals surface area contributed by atoms with Crippen LogP contribution in [0.5, 0.6) is 0 Å². The van der Waals surface area contributed by atoms with E-state index in [1.165, 1.54) is 13.8 Å². The fraction of sp³-hybridized carbons (Fsp3) is 0.688. The molecule has 156 valence electrons. The molecule has 0 bridgehead atoms. The third-order valence-electron chi connectivity index (χ3n) is 3.03. The van der Waals surface area contributed by atoms with Gasteiger partial charge in [0.15, 0.2) is 5.96 Å². The fourth-order valence-corrected chi connectivity index (χ4v) is 1.48. The Morgan fingerprint density at radius 1 is 0.923 bits per heavy atom. The van der Waals surface area contributed by atoms with E-state index in [1.807, 2.05) is 0 Å². The van der Waals surface area contributed by atoms with Gasteiger partial charge in [-0.15, -0.1) is 0 Å². The van der Waals surface area contributed by atoms with E-state index in [1.54, 1.807) is 0 Å². The highest BCUT2D eigenvalue weighted by Crippen LogP contribution is 1.95. The Kier molecular flexibility index (Phi) is 23.2. The maximum absolute atomic E-state index is 10.7. The van der Waals surface area contributed by atoms with E-state index in [9.17, 15) is 9.59 Å². The molecule has 26 heavy (non-hydrogen) atoms. The molecule has 0 aromatic heterocycles. The number of carbonyl (C=O) groups is 2. The Bertz CT molecular complexity index is 390. The number of guanidine groups is 2. The molecule has 0 aliphatic carbocycles. The zero-order chi connectivity index (χ0) is 19.1. The maximum atomic E-state index is 10.7. The van der Waals surface area contributed by atoms with Crippen molar-refractivity contribution in [3.63, 3.8) is 0 Å². The van der Waals surface area contributed by atoms with Gasteiger partial charge in [0.25, 0.3) is 0 Å². The van der Waals surface area contributed by atoms with Gasteiger partial charge in [0, 0.05) is 6.54 Å². The number of nitrogens with two attached hydrogens (primary N) is 6. The molecule has 0 aliphatic heterocycles. The molecule has 0 rings (SSSR count). The normalized spacial score (nSPS) is 11.2. The minimum Gasteiger partial charge on any atom is -0.370 e. The summed E-state index contributed by atoms with van der Waals surface area (Å²) in [6.45, 7) is 4.15. The second kappa shape index (κ2) is 19.1. The van der Waals surface area contributed by atoms with Gasteiger partial charge in [-0.1, -0.05) is 7.43 Å².